The number of rotatable bonds is 0. The van der Waals surface area contributed by atoms with Crippen LogP contribution in [0, 0.1) is 6.92 Å². The zero-order valence-electron chi connectivity index (χ0n) is 7.47. The van der Waals surface area contributed by atoms with Crippen LogP contribution >= 0.6 is 15.9 Å². The van der Waals surface area contributed by atoms with Crippen molar-refractivity contribution in [1.29, 1.82) is 0 Å². The lowest BCUT2D eigenvalue weighted by Crippen LogP contribution is -1.72. The normalized spacial score (nSPS) is 11.6. The second-order valence-electron chi connectivity index (χ2n) is 3.24. The van der Waals surface area contributed by atoms with Gasteiger partial charge in [0, 0.05) is 5.39 Å². The summed E-state index contributed by atoms with van der Waals surface area (Å²) < 4.78 is 6.68. The van der Waals surface area contributed by atoms with Crippen LogP contribution in [0.25, 0.3) is 22.1 Å². The molecular formula is C10H7BrN2O. The maximum absolute atomic E-state index is 5.71. The van der Waals surface area contributed by atoms with E-state index in [4.69, 9.17) is 4.42 Å². The molecule has 3 rings (SSSR count). The van der Waals surface area contributed by atoms with Crippen molar-refractivity contribution < 1.29 is 4.42 Å². The average Bonchev–Trinajstić information content (AvgIpc) is 2.69. The number of aromatic amines is 1. The van der Waals surface area contributed by atoms with Gasteiger partial charge in [-0.2, -0.15) is 5.10 Å². The minimum atomic E-state index is 0.840. The van der Waals surface area contributed by atoms with E-state index in [0.717, 1.165) is 32.2 Å². The third-order valence-corrected chi connectivity index (χ3v) is 2.94. The van der Waals surface area contributed by atoms with Gasteiger partial charge in [-0.3, -0.25) is 5.10 Å². The molecule has 0 fully saturated rings. The summed E-state index contributed by atoms with van der Waals surface area (Å²) in [6.07, 6.45) is 0. The summed E-state index contributed by atoms with van der Waals surface area (Å²) in [5.41, 5.74) is 3.57. The first-order chi connectivity index (χ1) is 6.77. The number of nitrogens with zero attached hydrogens (tertiary/aromatic N) is 1. The van der Waals surface area contributed by atoms with Gasteiger partial charge in [0.1, 0.15) is 5.52 Å². The first-order valence-electron chi connectivity index (χ1n) is 4.29. The van der Waals surface area contributed by atoms with Gasteiger partial charge in [0.25, 0.3) is 0 Å². The number of hydrogen-bond acceptors (Lipinski definition) is 2. The van der Waals surface area contributed by atoms with Crippen molar-refractivity contribution in [3.8, 4) is 0 Å². The second-order valence-corrected chi connectivity index (χ2v) is 4.10. The minimum Gasteiger partial charge on any atom is -0.451 e. The molecule has 70 valence electrons. The van der Waals surface area contributed by atoms with Crippen molar-refractivity contribution in [2.75, 3.05) is 0 Å². The fourth-order valence-electron chi connectivity index (χ4n) is 1.63. The first kappa shape index (κ1) is 8.05. The van der Waals surface area contributed by atoms with Gasteiger partial charge in [-0.15, -0.1) is 0 Å². The predicted molar refractivity (Wildman–Crippen MR) is 58.3 cm³/mol. The van der Waals surface area contributed by atoms with E-state index in [-0.39, 0.29) is 0 Å². The number of halogens is 1. The van der Waals surface area contributed by atoms with Gasteiger partial charge in [-0.25, -0.2) is 0 Å². The van der Waals surface area contributed by atoms with E-state index in [9.17, 15) is 0 Å². The molecule has 3 aromatic rings. The zero-order chi connectivity index (χ0) is 9.71. The molecule has 1 aromatic carbocycles. The summed E-state index contributed by atoms with van der Waals surface area (Å²) in [6, 6.07) is 5.95. The molecule has 0 aliphatic heterocycles. The fraction of sp³-hybridized carbons (Fsp3) is 0.100. The number of nitrogens with one attached hydrogen (secondary N) is 1. The van der Waals surface area contributed by atoms with Crippen molar-refractivity contribution in [1.82, 2.24) is 10.2 Å². The summed E-state index contributed by atoms with van der Waals surface area (Å²) >= 11 is 3.45. The molecule has 1 N–H and O–H groups in total. The van der Waals surface area contributed by atoms with E-state index in [1.807, 2.05) is 25.1 Å². The van der Waals surface area contributed by atoms with Crippen molar-refractivity contribution in [3.63, 3.8) is 0 Å². The number of furan rings is 1. The Bertz CT molecular complexity index is 623. The Labute approximate surface area is 88.2 Å². The lowest BCUT2D eigenvalue weighted by atomic mass is 10.2. The lowest BCUT2D eigenvalue weighted by Gasteiger charge is -1.90. The van der Waals surface area contributed by atoms with Crippen LogP contribution in [0.4, 0.5) is 0 Å². The van der Waals surface area contributed by atoms with Crippen LogP contribution in [0.3, 0.4) is 0 Å². The number of H-pyrrole nitrogens is 1. The summed E-state index contributed by atoms with van der Waals surface area (Å²) in [5.74, 6) is 0. The highest BCUT2D eigenvalue weighted by Gasteiger charge is 2.13. The Morgan fingerprint density at radius 3 is 3.07 bits per heavy atom. The number of hydrogen-bond donors (Lipinski definition) is 1. The molecule has 0 aliphatic carbocycles. The number of aryl methyl sites for hydroxylation is 1. The second kappa shape index (κ2) is 2.60. The zero-order valence-corrected chi connectivity index (χ0v) is 9.05. The van der Waals surface area contributed by atoms with Crippen molar-refractivity contribution >= 4 is 38.0 Å². The van der Waals surface area contributed by atoms with E-state index in [0.29, 0.717) is 0 Å². The molecule has 0 amide bonds. The fourth-order valence-corrected chi connectivity index (χ4v) is 2.07. The third-order valence-electron chi connectivity index (χ3n) is 2.32. The smallest absolute Gasteiger partial charge is 0.176 e. The van der Waals surface area contributed by atoms with Gasteiger partial charge in [0.05, 0.1) is 10.2 Å². The Balaban J connectivity index is 2.63. The summed E-state index contributed by atoms with van der Waals surface area (Å²) in [5, 5.41) is 8.16. The molecule has 2 heterocycles. The number of benzene rings is 1. The van der Waals surface area contributed by atoms with Crippen LogP contribution in [0.2, 0.25) is 0 Å². The molecule has 4 heteroatoms. The number of fused-ring (bicyclic) bond motifs is 3. The van der Waals surface area contributed by atoms with Gasteiger partial charge in [-0.1, -0.05) is 6.07 Å². The molecule has 14 heavy (non-hydrogen) atoms. The maximum Gasteiger partial charge on any atom is 0.176 e. The lowest BCUT2D eigenvalue weighted by molar-refractivity contribution is 0.663. The highest BCUT2D eigenvalue weighted by molar-refractivity contribution is 9.10. The SMILES string of the molecule is Cc1[nH]nc2c1oc1c(Br)cccc12. The van der Waals surface area contributed by atoms with Crippen LogP contribution in [0.1, 0.15) is 5.69 Å². The number of aromatic nitrogens is 2. The van der Waals surface area contributed by atoms with Crippen molar-refractivity contribution in [3.05, 3.63) is 28.4 Å². The molecule has 0 atom stereocenters. The summed E-state index contributed by atoms with van der Waals surface area (Å²) in [7, 11) is 0. The molecule has 0 unspecified atom stereocenters. The van der Waals surface area contributed by atoms with Crippen molar-refractivity contribution in [2.24, 2.45) is 0 Å². The molecule has 0 radical (unpaired) electrons. The standard InChI is InChI=1S/C10H7BrN2O/c1-5-9-8(13-12-5)6-3-2-4-7(11)10(6)14-9/h2-4H,1H3,(H,12,13). The van der Waals surface area contributed by atoms with Crippen molar-refractivity contribution in [2.45, 2.75) is 6.92 Å². The summed E-state index contributed by atoms with van der Waals surface area (Å²) in [4.78, 5) is 0. The molecule has 3 nitrogen and oxygen atoms in total. The molecule has 2 aromatic heterocycles. The van der Waals surface area contributed by atoms with Gasteiger partial charge >= 0.3 is 0 Å². The topological polar surface area (TPSA) is 41.8 Å². The molecule has 0 spiro atoms. The highest BCUT2D eigenvalue weighted by atomic mass is 79.9. The Hall–Kier alpha value is -1.29. The van der Waals surface area contributed by atoms with Crippen LogP contribution < -0.4 is 0 Å². The summed E-state index contributed by atoms with van der Waals surface area (Å²) in [6.45, 7) is 1.95. The van der Waals surface area contributed by atoms with Crippen LogP contribution in [0.15, 0.2) is 27.1 Å². The monoisotopic (exact) mass is 250 g/mol. The average molecular weight is 251 g/mol. The van der Waals surface area contributed by atoms with E-state index < -0.39 is 0 Å². The predicted octanol–water partition coefficient (Wildman–Crippen LogP) is 3.38. The van der Waals surface area contributed by atoms with Gasteiger partial charge in [0.2, 0.25) is 0 Å². The molecule has 0 bridgehead atoms. The molecule has 0 saturated heterocycles. The molecule has 0 aliphatic rings. The third kappa shape index (κ3) is 0.889. The van der Waals surface area contributed by atoms with Gasteiger partial charge in [-0.05, 0) is 35.0 Å². The van der Waals surface area contributed by atoms with E-state index in [2.05, 4.69) is 26.1 Å². The van der Waals surface area contributed by atoms with Crippen LogP contribution in [0.5, 0.6) is 0 Å². The molecular weight excluding hydrogens is 244 g/mol. The van der Waals surface area contributed by atoms with E-state index in [1.165, 1.54) is 0 Å². The highest BCUT2D eigenvalue weighted by Crippen LogP contribution is 2.32. The van der Waals surface area contributed by atoms with Crippen LogP contribution in [-0.2, 0) is 0 Å². The quantitative estimate of drug-likeness (QED) is 0.665. The number of para-hydroxylation sites is 1. The Morgan fingerprint density at radius 2 is 2.21 bits per heavy atom. The van der Waals surface area contributed by atoms with E-state index in [1.54, 1.807) is 0 Å². The Kier molecular flexibility index (Phi) is 1.50. The molecule has 0 saturated carbocycles. The van der Waals surface area contributed by atoms with Gasteiger partial charge < -0.3 is 4.42 Å². The first-order valence-corrected chi connectivity index (χ1v) is 5.08. The van der Waals surface area contributed by atoms with Crippen LogP contribution in [-0.4, -0.2) is 10.2 Å². The Morgan fingerprint density at radius 1 is 1.36 bits per heavy atom. The van der Waals surface area contributed by atoms with E-state index >= 15 is 0 Å². The largest absolute Gasteiger partial charge is 0.451 e. The van der Waals surface area contributed by atoms with Gasteiger partial charge in [0.15, 0.2) is 11.2 Å². The minimum absolute atomic E-state index is 0.840. The maximum atomic E-state index is 5.71.